The minimum Gasteiger partial charge on any atom is -0.289 e. The van der Waals surface area contributed by atoms with Crippen molar-refractivity contribution in [2.75, 3.05) is 0 Å². The first-order valence-corrected chi connectivity index (χ1v) is 7.45. The molecule has 0 radical (unpaired) electrons. The van der Waals surface area contributed by atoms with Crippen LogP contribution in [0.5, 0.6) is 0 Å². The third kappa shape index (κ3) is 2.46. The van der Waals surface area contributed by atoms with Gasteiger partial charge in [-0.2, -0.15) is 0 Å². The van der Waals surface area contributed by atoms with Crippen LogP contribution in [0.4, 0.5) is 0 Å². The maximum absolute atomic E-state index is 12.5. The normalized spacial score (nSPS) is 11.0. The fourth-order valence-electron chi connectivity index (χ4n) is 2.10. The van der Waals surface area contributed by atoms with Gasteiger partial charge in [-0.05, 0) is 59.6 Å². The molecule has 1 heterocycles. The summed E-state index contributed by atoms with van der Waals surface area (Å²) >= 11 is 12.2. The predicted octanol–water partition coefficient (Wildman–Crippen LogP) is 4.17. The second kappa shape index (κ2) is 5.22. The first kappa shape index (κ1) is 14.2. The van der Waals surface area contributed by atoms with Crippen LogP contribution in [0.25, 0.3) is 20.2 Å². The van der Waals surface area contributed by atoms with Crippen molar-refractivity contribution in [2.45, 2.75) is 0 Å². The van der Waals surface area contributed by atoms with Gasteiger partial charge in [0.25, 0.3) is 10.5 Å². The molecule has 104 valence electrons. The van der Waals surface area contributed by atoms with E-state index in [2.05, 4.69) is 0 Å². The van der Waals surface area contributed by atoms with Crippen LogP contribution < -0.4 is 5.43 Å². The number of hydrogen-bond acceptors (Lipinski definition) is 4. The largest absolute Gasteiger partial charge is 0.289 e. The molecule has 0 atom stereocenters. The van der Waals surface area contributed by atoms with Crippen LogP contribution in [-0.4, -0.2) is 10.5 Å². The lowest BCUT2D eigenvalue weighted by molar-refractivity contribution is 0.107. The van der Waals surface area contributed by atoms with Crippen molar-refractivity contribution in [3.63, 3.8) is 0 Å². The number of carbonyl (C=O) groups excluding carboxylic acids is 2. The third-order valence-electron chi connectivity index (χ3n) is 3.12. The van der Waals surface area contributed by atoms with Crippen LogP contribution in [0.15, 0.2) is 41.2 Å². The molecule has 0 saturated heterocycles. The number of fused-ring (bicyclic) bond motifs is 2. The number of benzene rings is 2. The molecule has 21 heavy (non-hydrogen) atoms. The van der Waals surface area contributed by atoms with Crippen LogP contribution in [0.2, 0.25) is 0 Å². The van der Waals surface area contributed by atoms with Gasteiger partial charge in [0, 0.05) is 31.3 Å². The van der Waals surface area contributed by atoms with E-state index in [-0.39, 0.29) is 11.0 Å². The predicted molar refractivity (Wildman–Crippen MR) is 86.0 cm³/mol. The van der Waals surface area contributed by atoms with E-state index in [0.29, 0.717) is 25.7 Å². The number of halogens is 2. The molecule has 0 unspecified atom stereocenters. The van der Waals surface area contributed by atoms with E-state index in [1.165, 1.54) is 23.5 Å². The van der Waals surface area contributed by atoms with Gasteiger partial charge in [0.15, 0.2) is 5.43 Å². The van der Waals surface area contributed by atoms with Gasteiger partial charge in [-0.15, -0.1) is 11.3 Å². The molecule has 3 nitrogen and oxygen atoms in total. The molecule has 6 heteroatoms. The van der Waals surface area contributed by atoms with Crippen molar-refractivity contribution in [1.29, 1.82) is 0 Å². The Morgan fingerprint density at radius 1 is 0.810 bits per heavy atom. The maximum Gasteiger partial charge on any atom is 0.252 e. The van der Waals surface area contributed by atoms with Crippen molar-refractivity contribution in [3.05, 3.63) is 57.7 Å². The zero-order chi connectivity index (χ0) is 15.1. The summed E-state index contributed by atoms with van der Waals surface area (Å²) in [5.74, 6) is 0. The van der Waals surface area contributed by atoms with Gasteiger partial charge < -0.3 is 0 Å². The Labute approximate surface area is 132 Å². The smallest absolute Gasteiger partial charge is 0.252 e. The molecular weight excluding hydrogens is 331 g/mol. The maximum atomic E-state index is 12.5. The third-order valence-corrected chi connectivity index (χ3v) is 4.69. The fourth-order valence-corrected chi connectivity index (χ4v) is 3.43. The first-order valence-electron chi connectivity index (χ1n) is 5.87. The number of carbonyl (C=O) groups is 2. The van der Waals surface area contributed by atoms with Gasteiger partial charge in [0.2, 0.25) is 0 Å². The standard InChI is InChI=1S/C15H6Cl2O3S/c16-14(19)7-2-4-11-10(5-7)13(18)9-3-1-8(15(17)20)6-12(9)21-11/h1-6H. The zero-order valence-corrected chi connectivity index (χ0v) is 12.7. The summed E-state index contributed by atoms with van der Waals surface area (Å²) in [6.07, 6.45) is 0. The van der Waals surface area contributed by atoms with Crippen LogP contribution in [0, 0.1) is 0 Å². The molecule has 0 saturated carbocycles. The van der Waals surface area contributed by atoms with E-state index in [4.69, 9.17) is 23.2 Å². The molecule has 1 aromatic heterocycles. The lowest BCUT2D eigenvalue weighted by atomic mass is 10.1. The highest BCUT2D eigenvalue weighted by Gasteiger charge is 2.11. The molecule has 0 bridgehead atoms. The Morgan fingerprint density at radius 3 is 2.10 bits per heavy atom. The summed E-state index contributed by atoms with van der Waals surface area (Å²) in [7, 11) is 0. The SMILES string of the molecule is O=C(Cl)c1ccc2c(=O)c3cc(C(=O)Cl)ccc3sc2c1. The molecule has 2 aromatic carbocycles. The van der Waals surface area contributed by atoms with Gasteiger partial charge in [0.1, 0.15) is 0 Å². The first-order chi connectivity index (χ1) is 9.97. The highest BCUT2D eigenvalue weighted by molar-refractivity contribution is 7.24. The highest BCUT2D eigenvalue weighted by Crippen LogP contribution is 2.27. The van der Waals surface area contributed by atoms with E-state index < -0.39 is 10.5 Å². The molecule has 0 aliphatic heterocycles. The Hall–Kier alpha value is -1.75. The van der Waals surface area contributed by atoms with Crippen LogP contribution in [0.3, 0.4) is 0 Å². The molecule has 0 amide bonds. The Balaban J connectivity index is 2.40. The van der Waals surface area contributed by atoms with Gasteiger partial charge in [-0.25, -0.2) is 0 Å². The second-order valence-electron chi connectivity index (χ2n) is 4.40. The highest BCUT2D eigenvalue weighted by atomic mass is 35.5. The van der Waals surface area contributed by atoms with Crippen molar-refractivity contribution < 1.29 is 9.59 Å². The van der Waals surface area contributed by atoms with E-state index in [9.17, 15) is 14.4 Å². The van der Waals surface area contributed by atoms with Crippen molar-refractivity contribution in [2.24, 2.45) is 0 Å². The lowest BCUT2D eigenvalue weighted by Crippen LogP contribution is -2.03. The van der Waals surface area contributed by atoms with Gasteiger partial charge in [0.05, 0.1) is 0 Å². The quantitative estimate of drug-likeness (QED) is 0.521. The minimum absolute atomic E-state index is 0.202. The summed E-state index contributed by atoms with van der Waals surface area (Å²) in [4.78, 5) is 34.9. The minimum atomic E-state index is -0.607. The van der Waals surface area contributed by atoms with E-state index in [1.54, 1.807) is 24.3 Å². The van der Waals surface area contributed by atoms with Crippen LogP contribution in [-0.2, 0) is 0 Å². The summed E-state index contributed by atoms with van der Waals surface area (Å²) in [5, 5.41) is -0.262. The summed E-state index contributed by atoms with van der Waals surface area (Å²) in [5.41, 5.74) is 0.416. The van der Waals surface area contributed by atoms with Crippen molar-refractivity contribution in [3.8, 4) is 0 Å². The summed E-state index contributed by atoms with van der Waals surface area (Å²) < 4.78 is 1.39. The van der Waals surface area contributed by atoms with Gasteiger partial charge >= 0.3 is 0 Å². The molecule has 0 aliphatic carbocycles. The van der Waals surface area contributed by atoms with Crippen molar-refractivity contribution in [1.82, 2.24) is 0 Å². The molecule has 3 rings (SSSR count). The number of hydrogen-bond donors (Lipinski definition) is 0. The zero-order valence-electron chi connectivity index (χ0n) is 10.4. The summed E-state index contributed by atoms with van der Waals surface area (Å²) in [6.45, 7) is 0. The van der Waals surface area contributed by atoms with E-state index in [1.807, 2.05) is 0 Å². The molecule has 0 spiro atoms. The van der Waals surface area contributed by atoms with E-state index in [0.717, 1.165) is 0 Å². The molecule has 3 aromatic rings. The average Bonchev–Trinajstić information content (AvgIpc) is 2.46. The average molecular weight is 337 g/mol. The Bertz CT molecular complexity index is 976. The Morgan fingerprint density at radius 2 is 1.43 bits per heavy atom. The monoisotopic (exact) mass is 336 g/mol. The Kier molecular flexibility index (Phi) is 3.53. The molecule has 0 N–H and O–H groups in total. The number of rotatable bonds is 2. The molecule has 0 fully saturated rings. The fraction of sp³-hybridized carbons (Fsp3) is 0. The van der Waals surface area contributed by atoms with Gasteiger partial charge in [-0.3, -0.25) is 14.4 Å². The van der Waals surface area contributed by atoms with Crippen LogP contribution >= 0.6 is 34.5 Å². The van der Waals surface area contributed by atoms with E-state index >= 15 is 0 Å². The second-order valence-corrected chi connectivity index (χ2v) is 6.17. The molecule has 0 aliphatic rings. The topological polar surface area (TPSA) is 51.2 Å². The summed E-state index contributed by atoms with van der Waals surface area (Å²) in [6, 6.07) is 9.40. The van der Waals surface area contributed by atoms with Crippen LogP contribution in [0.1, 0.15) is 20.7 Å². The van der Waals surface area contributed by atoms with Gasteiger partial charge in [-0.1, -0.05) is 0 Å². The molecular formula is C15H6Cl2O3S. The van der Waals surface area contributed by atoms with Crippen molar-refractivity contribution >= 4 is 65.2 Å². The lowest BCUT2D eigenvalue weighted by Gasteiger charge is -2.03.